The quantitative estimate of drug-likeness (QED) is 0.352. The number of rotatable bonds is 10. The Morgan fingerprint density at radius 2 is 1.90 bits per heavy atom. The van der Waals surface area contributed by atoms with Crippen molar-refractivity contribution in [1.29, 1.82) is 0 Å². The predicted octanol–water partition coefficient (Wildman–Crippen LogP) is 4.11. The molecular formula is C25H40O6. The number of hydrogen-bond donors (Lipinski definition) is 3. The molecule has 2 aliphatic carbocycles. The van der Waals surface area contributed by atoms with Crippen LogP contribution in [-0.2, 0) is 14.3 Å². The van der Waals surface area contributed by atoms with Gasteiger partial charge in [0, 0.05) is 18.3 Å². The van der Waals surface area contributed by atoms with Crippen molar-refractivity contribution in [2.24, 2.45) is 29.1 Å². The fourth-order valence-electron chi connectivity index (χ4n) is 4.87. The highest BCUT2D eigenvalue weighted by Crippen LogP contribution is 2.46. The zero-order valence-electron chi connectivity index (χ0n) is 19.6. The molecular weight excluding hydrogens is 396 g/mol. The molecule has 2 rings (SSSR count). The lowest BCUT2D eigenvalue weighted by Crippen LogP contribution is -2.44. The number of carbonyl (C=O) groups is 2. The molecule has 0 radical (unpaired) electrons. The number of fused-ring (bicyclic) bond motifs is 1. The molecule has 0 fully saturated rings. The van der Waals surface area contributed by atoms with Gasteiger partial charge in [-0.1, -0.05) is 37.6 Å². The number of hydrogen-bond acceptors (Lipinski definition) is 5. The minimum Gasteiger partial charge on any atom is -0.481 e. The molecule has 0 bridgehead atoms. The van der Waals surface area contributed by atoms with E-state index in [4.69, 9.17) is 9.84 Å². The molecule has 0 amide bonds. The van der Waals surface area contributed by atoms with Crippen molar-refractivity contribution < 1.29 is 29.6 Å². The number of aliphatic hydroxyl groups is 2. The zero-order valence-corrected chi connectivity index (χ0v) is 19.6. The molecule has 7 atom stereocenters. The van der Waals surface area contributed by atoms with E-state index in [0.29, 0.717) is 12.8 Å². The lowest BCUT2D eigenvalue weighted by Gasteiger charge is -2.45. The number of carbonyl (C=O) groups excluding carboxylic acids is 1. The first-order valence-electron chi connectivity index (χ1n) is 11.6. The summed E-state index contributed by atoms with van der Waals surface area (Å²) in [6, 6.07) is 0. The monoisotopic (exact) mass is 436 g/mol. The smallest absolute Gasteiger partial charge is 0.311 e. The first-order chi connectivity index (χ1) is 14.4. The standard InChI is InChI=1S/C25H40O6/c1-6-25(4,5)24(30)31-21-12-15(2)11-17-8-7-16(3)20(23(17)21)10-9-18(26)13-19(27)14-22(28)29/h7-8,11,16-21,23,26-27H,6,9-10,12-14H2,1-5H3,(H,28,29)/t16-,17?,18?,19?,20?,21?,23?/m0/s1. The van der Waals surface area contributed by atoms with E-state index in [1.54, 1.807) is 0 Å². The molecule has 31 heavy (non-hydrogen) atoms. The molecule has 6 nitrogen and oxygen atoms in total. The number of allylic oxidation sites excluding steroid dienone is 3. The summed E-state index contributed by atoms with van der Waals surface area (Å²) >= 11 is 0. The zero-order chi connectivity index (χ0) is 23.3. The van der Waals surface area contributed by atoms with Crippen LogP contribution < -0.4 is 0 Å². The summed E-state index contributed by atoms with van der Waals surface area (Å²) in [7, 11) is 0. The van der Waals surface area contributed by atoms with E-state index in [-0.39, 0.29) is 48.6 Å². The van der Waals surface area contributed by atoms with Crippen LogP contribution in [-0.4, -0.2) is 45.6 Å². The van der Waals surface area contributed by atoms with Crippen LogP contribution in [0.5, 0.6) is 0 Å². The van der Waals surface area contributed by atoms with Crippen LogP contribution in [0, 0.1) is 29.1 Å². The van der Waals surface area contributed by atoms with E-state index in [2.05, 4.69) is 32.1 Å². The van der Waals surface area contributed by atoms with E-state index in [9.17, 15) is 19.8 Å². The van der Waals surface area contributed by atoms with Crippen molar-refractivity contribution in [2.45, 2.75) is 91.5 Å². The van der Waals surface area contributed by atoms with Crippen molar-refractivity contribution in [3.8, 4) is 0 Å². The second-order valence-electron chi connectivity index (χ2n) is 10.2. The van der Waals surface area contributed by atoms with E-state index in [1.807, 2.05) is 20.8 Å². The lowest BCUT2D eigenvalue weighted by molar-refractivity contribution is -0.165. The molecule has 0 aromatic carbocycles. The molecule has 0 heterocycles. The lowest BCUT2D eigenvalue weighted by atomic mass is 9.63. The van der Waals surface area contributed by atoms with Gasteiger partial charge in [0.15, 0.2) is 0 Å². The Morgan fingerprint density at radius 1 is 1.23 bits per heavy atom. The maximum atomic E-state index is 12.8. The molecule has 6 heteroatoms. The minimum absolute atomic E-state index is 0.0550. The number of ether oxygens (including phenoxy) is 1. The molecule has 6 unspecified atom stereocenters. The van der Waals surface area contributed by atoms with Crippen LogP contribution in [0.15, 0.2) is 23.8 Å². The summed E-state index contributed by atoms with van der Waals surface area (Å²) in [6.07, 6.45) is 7.03. The van der Waals surface area contributed by atoms with E-state index < -0.39 is 23.6 Å². The van der Waals surface area contributed by atoms with Crippen molar-refractivity contribution in [1.82, 2.24) is 0 Å². The van der Waals surface area contributed by atoms with Crippen LogP contribution in [0.1, 0.15) is 73.1 Å². The van der Waals surface area contributed by atoms with Gasteiger partial charge in [-0.3, -0.25) is 9.59 Å². The summed E-state index contributed by atoms with van der Waals surface area (Å²) in [6.45, 7) is 10.1. The van der Waals surface area contributed by atoms with Gasteiger partial charge in [0.2, 0.25) is 0 Å². The molecule has 2 aliphatic rings. The van der Waals surface area contributed by atoms with Gasteiger partial charge >= 0.3 is 11.9 Å². The van der Waals surface area contributed by atoms with Gasteiger partial charge in [0.05, 0.1) is 24.0 Å². The van der Waals surface area contributed by atoms with E-state index in [0.717, 1.165) is 12.8 Å². The van der Waals surface area contributed by atoms with Gasteiger partial charge in [0.25, 0.3) is 0 Å². The first kappa shape index (κ1) is 25.6. The maximum absolute atomic E-state index is 12.8. The van der Waals surface area contributed by atoms with E-state index in [1.165, 1.54) is 5.57 Å². The van der Waals surface area contributed by atoms with Crippen LogP contribution in [0.3, 0.4) is 0 Å². The average molecular weight is 437 g/mol. The third-order valence-corrected chi connectivity index (χ3v) is 7.16. The Hall–Kier alpha value is -1.66. The molecule has 0 aromatic heterocycles. The van der Waals surface area contributed by atoms with Gasteiger partial charge in [-0.15, -0.1) is 0 Å². The normalized spacial score (nSPS) is 30.2. The third kappa shape index (κ3) is 6.91. The molecule has 176 valence electrons. The molecule has 0 aliphatic heterocycles. The second-order valence-corrected chi connectivity index (χ2v) is 10.2. The summed E-state index contributed by atoms with van der Waals surface area (Å²) in [5.74, 6) is -0.370. The highest BCUT2D eigenvalue weighted by atomic mass is 16.5. The van der Waals surface area contributed by atoms with Crippen LogP contribution >= 0.6 is 0 Å². The summed E-state index contributed by atoms with van der Waals surface area (Å²) < 4.78 is 6.10. The predicted molar refractivity (Wildman–Crippen MR) is 119 cm³/mol. The van der Waals surface area contributed by atoms with Crippen molar-refractivity contribution in [3.63, 3.8) is 0 Å². The highest BCUT2D eigenvalue weighted by molar-refractivity contribution is 5.76. The van der Waals surface area contributed by atoms with Gasteiger partial charge < -0.3 is 20.1 Å². The first-order valence-corrected chi connectivity index (χ1v) is 11.6. The summed E-state index contributed by atoms with van der Waals surface area (Å²) in [5, 5.41) is 29.0. The molecule has 3 N–H and O–H groups in total. The van der Waals surface area contributed by atoms with Crippen LogP contribution in [0.25, 0.3) is 0 Å². The molecule has 0 spiro atoms. The fourth-order valence-corrected chi connectivity index (χ4v) is 4.87. The Balaban J connectivity index is 2.12. The van der Waals surface area contributed by atoms with Crippen LogP contribution in [0.2, 0.25) is 0 Å². The van der Waals surface area contributed by atoms with Crippen molar-refractivity contribution >= 4 is 11.9 Å². The van der Waals surface area contributed by atoms with Gasteiger partial charge in [-0.2, -0.15) is 0 Å². The Labute approximate surface area is 186 Å². The van der Waals surface area contributed by atoms with Crippen LogP contribution in [0.4, 0.5) is 0 Å². The van der Waals surface area contributed by atoms with Gasteiger partial charge in [-0.25, -0.2) is 0 Å². The fraction of sp³-hybridized carbons (Fsp3) is 0.760. The number of aliphatic carboxylic acids is 1. The van der Waals surface area contributed by atoms with Gasteiger partial charge in [0.1, 0.15) is 6.10 Å². The number of carboxylic acids is 1. The van der Waals surface area contributed by atoms with E-state index >= 15 is 0 Å². The summed E-state index contributed by atoms with van der Waals surface area (Å²) in [5.41, 5.74) is 0.704. The number of carboxylic acid groups (broad SMARTS) is 1. The number of esters is 1. The highest BCUT2D eigenvalue weighted by Gasteiger charge is 2.44. The average Bonchev–Trinajstić information content (AvgIpc) is 2.66. The Bertz CT molecular complexity index is 694. The third-order valence-electron chi connectivity index (χ3n) is 7.16. The largest absolute Gasteiger partial charge is 0.481 e. The molecule has 0 aromatic rings. The van der Waals surface area contributed by atoms with Crippen molar-refractivity contribution in [2.75, 3.05) is 0 Å². The minimum atomic E-state index is -1.07. The summed E-state index contributed by atoms with van der Waals surface area (Å²) in [4.78, 5) is 23.6. The SMILES string of the molecule is CCC(C)(C)C(=O)OC1CC(C)=CC2C=C[C@H](C)C(CCC(O)CC(O)CC(=O)O)C21. The molecule has 0 saturated carbocycles. The Kier molecular flexibility index (Phi) is 8.90. The Morgan fingerprint density at radius 3 is 2.52 bits per heavy atom. The topological polar surface area (TPSA) is 104 Å². The number of aliphatic hydroxyl groups excluding tert-OH is 2. The van der Waals surface area contributed by atoms with Gasteiger partial charge in [-0.05, 0) is 58.3 Å². The molecule has 0 saturated heterocycles. The maximum Gasteiger partial charge on any atom is 0.311 e. The van der Waals surface area contributed by atoms with Crippen molar-refractivity contribution in [3.05, 3.63) is 23.8 Å². The second kappa shape index (κ2) is 10.8.